The number of hydrogen-bond acceptors (Lipinski definition) is 2. The quantitative estimate of drug-likeness (QED) is 0.658. The van der Waals surface area contributed by atoms with E-state index in [0.717, 1.165) is 11.3 Å². The van der Waals surface area contributed by atoms with Crippen LogP contribution in [0.5, 0.6) is 5.75 Å². The highest BCUT2D eigenvalue weighted by Gasteiger charge is 2.09. The van der Waals surface area contributed by atoms with Crippen molar-refractivity contribution >= 4 is 6.21 Å². The summed E-state index contributed by atoms with van der Waals surface area (Å²) in [6, 6.07) is 2.11. The zero-order chi connectivity index (χ0) is 10.7. The summed E-state index contributed by atoms with van der Waals surface area (Å²) in [4.78, 5) is 4.02. The van der Waals surface area contributed by atoms with E-state index in [0.29, 0.717) is 0 Å². The fraction of sp³-hybridized carbons (Fsp3) is 0.417. The van der Waals surface area contributed by atoms with Gasteiger partial charge in [0.15, 0.2) is 0 Å². The molecule has 1 aromatic rings. The normalized spacial score (nSPS) is 10.9. The third kappa shape index (κ3) is 1.79. The highest BCUT2D eigenvalue weighted by Crippen LogP contribution is 2.27. The summed E-state index contributed by atoms with van der Waals surface area (Å²) in [6.45, 7) is 6.29. The van der Waals surface area contributed by atoms with E-state index in [2.05, 4.69) is 31.8 Å². The molecule has 2 heteroatoms. The van der Waals surface area contributed by atoms with Gasteiger partial charge < -0.3 is 4.74 Å². The van der Waals surface area contributed by atoms with Crippen molar-refractivity contribution in [1.82, 2.24) is 0 Å². The lowest BCUT2D eigenvalue weighted by Crippen LogP contribution is -1.98. The van der Waals surface area contributed by atoms with Gasteiger partial charge in [-0.05, 0) is 43.5 Å². The van der Waals surface area contributed by atoms with Crippen molar-refractivity contribution in [3.63, 3.8) is 0 Å². The van der Waals surface area contributed by atoms with Gasteiger partial charge >= 0.3 is 0 Å². The Labute approximate surface area is 85.6 Å². The Bertz CT molecular complexity index is 367. The van der Waals surface area contributed by atoms with Gasteiger partial charge in [-0.15, -0.1) is 0 Å². The molecule has 0 atom stereocenters. The molecule has 0 aliphatic rings. The van der Waals surface area contributed by atoms with Gasteiger partial charge in [0.1, 0.15) is 5.75 Å². The first-order valence-corrected chi connectivity index (χ1v) is 4.68. The molecule has 0 amide bonds. The molecule has 0 aliphatic carbocycles. The summed E-state index contributed by atoms with van der Waals surface area (Å²) in [5.74, 6) is 0.929. The molecule has 0 saturated heterocycles. The first-order chi connectivity index (χ1) is 6.61. The van der Waals surface area contributed by atoms with Gasteiger partial charge in [-0.2, -0.15) is 0 Å². The zero-order valence-electron chi connectivity index (χ0n) is 9.51. The van der Waals surface area contributed by atoms with Crippen molar-refractivity contribution in [1.29, 1.82) is 0 Å². The third-order valence-electron chi connectivity index (χ3n) is 2.60. The maximum absolute atomic E-state index is 5.37. The molecule has 0 spiro atoms. The van der Waals surface area contributed by atoms with Crippen LogP contribution in [-0.2, 0) is 0 Å². The van der Waals surface area contributed by atoms with Crippen molar-refractivity contribution < 1.29 is 4.74 Å². The number of nitrogens with zero attached hydrogens (tertiary/aromatic N) is 1. The van der Waals surface area contributed by atoms with Gasteiger partial charge in [0.2, 0.25) is 0 Å². The Morgan fingerprint density at radius 1 is 1.21 bits per heavy atom. The third-order valence-corrected chi connectivity index (χ3v) is 2.60. The van der Waals surface area contributed by atoms with Crippen molar-refractivity contribution in [3.05, 3.63) is 28.3 Å². The van der Waals surface area contributed by atoms with Crippen LogP contribution in [0.2, 0.25) is 0 Å². The Morgan fingerprint density at radius 2 is 1.86 bits per heavy atom. The van der Waals surface area contributed by atoms with Gasteiger partial charge in [-0.3, -0.25) is 4.99 Å². The lowest BCUT2D eigenvalue weighted by molar-refractivity contribution is 0.410. The van der Waals surface area contributed by atoms with Crippen molar-refractivity contribution in [2.24, 2.45) is 4.99 Å². The van der Waals surface area contributed by atoms with Gasteiger partial charge in [-0.1, -0.05) is 0 Å². The standard InChI is InChI=1S/C12H17NO/c1-8-6-11(7-13-4)12(14-5)10(3)9(8)2/h6-7H,1-5H3. The number of methoxy groups -OCH3 is 1. The highest BCUT2D eigenvalue weighted by molar-refractivity contribution is 5.85. The molecule has 1 rings (SSSR count). The number of aliphatic imine (C=N–C) groups is 1. The van der Waals surface area contributed by atoms with Gasteiger partial charge in [0.25, 0.3) is 0 Å². The molecule has 0 radical (unpaired) electrons. The molecule has 0 aliphatic heterocycles. The first-order valence-electron chi connectivity index (χ1n) is 4.68. The van der Waals surface area contributed by atoms with Crippen LogP contribution in [0, 0.1) is 20.8 Å². The molecule has 14 heavy (non-hydrogen) atoms. The van der Waals surface area contributed by atoms with E-state index in [9.17, 15) is 0 Å². The van der Waals surface area contributed by atoms with Crippen LogP contribution in [0.15, 0.2) is 11.1 Å². The molecule has 1 aromatic carbocycles. The topological polar surface area (TPSA) is 21.6 Å². The first kappa shape index (κ1) is 10.8. The second-order valence-electron chi connectivity index (χ2n) is 3.45. The molecule has 0 N–H and O–H groups in total. The van der Waals surface area contributed by atoms with Gasteiger partial charge in [0.05, 0.1) is 7.11 Å². The molecular weight excluding hydrogens is 174 g/mol. The van der Waals surface area contributed by atoms with E-state index in [1.54, 1.807) is 14.2 Å². The number of hydrogen-bond donors (Lipinski definition) is 0. The van der Waals surface area contributed by atoms with E-state index in [-0.39, 0.29) is 0 Å². The van der Waals surface area contributed by atoms with Crippen LogP contribution >= 0.6 is 0 Å². The molecule has 0 heterocycles. The fourth-order valence-corrected chi connectivity index (χ4v) is 1.60. The molecule has 0 saturated carbocycles. The lowest BCUT2D eigenvalue weighted by Gasteiger charge is -2.13. The Kier molecular flexibility index (Phi) is 3.28. The Morgan fingerprint density at radius 3 is 2.36 bits per heavy atom. The predicted octanol–water partition coefficient (Wildman–Crippen LogP) is 2.67. The summed E-state index contributed by atoms with van der Waals surface area (Å²) in [5, 5.41) is 0. The summed E-state index contributed by atoms with van der Waals surface area (Å²) in [5.41, 5.74) is 4.81. The van der Waals surface area contributed by atoms with Crippen molar-refractivity contribution in [2.45, 2.75) is 20.8 Å². The lowest BCUT2D eigenvalue weighted by atomic mass is 9.99. The van der Waals surface area contributed by atoms with Crippen LogP contribution in [0.3, 0.4) is 0 Å². The fourth-order valence-electron chi connectivity index (χ4n) is 1.60. The Hall–Kier alpha value is -1.31. The SMILES string of the molecule is CN=Cc1cc(C)c(C)c(C)c1OC. The summed E-state index contributed by atoms with van der Waals surface area (Å²) in [7, 11) is 3.47. The number of aryl methyl sites for hydroxylation is 1. The van der Waals surface area contributed by atoms with E-state index < -0.39 is 0 Å². The number of rotatable bonds is 2. The van der Waals surface area contributed by atoms with Crippen LogP contribution in [0.25, 0.3) is 0 Å². The molecule has 76 valence electrons. The number of benzene rings is 1. The van der Waals surface area contributed by atoms with Crippen LogP contribution in [-0.4, -0.2) is 20.4 Å². The molecule has 0 bridgehead atoms. The second-order valence-corrected chi connectivity index (χ2v) is 3.45. The minimum atomic E-state index is 0.929. The van der Waals surface area contributed by atoms with Gasteiger partial charge in [-0.25, -0.2) is 0 Å². The zero-order valence-corrected chi connectivity index (χ0v) is 9.51. The average molecular weight is 191 g/mol. The van der Waals surface area contributed by atoms with E-state index in [4.69, 9.17) is 4.74 Å². The monoisotopic (exact) mass is 191 g/mol. The smallest absolute Gasteiger partial charge is 0.130 e. The summed E-state index contributed by atoms with van der Waals surface area (Å²) < 4.78 is 5.37. The predicted molar refractivity (Wildman–Crippen MR) is 60.7 cm³/mol. The molecular formula is C12H17NO. The van der Waals surface area contributed by atoms with E-state index in [1.807, 2.05) is 6.21 Å². The van der Waals surface area contributed by atoms with Crippen LogP contribution in [0.4, 0.5) is 0 Å². The van der Waals surface area contributed by atoms with Crippen molar-refractivity contribution in [3.8, 4) is 5.75 Å². The Balaban J connectivity index is 3.43. The minimum Gasteiger partial charge on any atom is -0.496 e. The van der Waals surface area contributed by atoms with E-state index >= 15 is 0 Å². The summed E-state index contributed by atoms with van der Waals surface area (Å²) in [6.07, 6.45) is 1.83. The van der Waals surface area contributed by atoms with Gasteiger partial charge in [0, 0.05) is 18.8 Å². The molecule has 2 nitrogen and oxygen atoms in total. The minimum absolute atomic E-state index is 0.929. The maximum atomic E-state index is 5.37. The summed E-state index contributed by atoms with van der Waals surface area (Å²) >= 11 is 0. The van der Waals surface area contributed by atoms with Crippen LogP contribution in [0.1, 0.15) is 22.3 Å². The molecule has 0 fully saturated rings. The van der Waals surface area contributed by atoms with Crippen LogP contribution < -0.4 is 4.74 Å². The second kappa shape index (κ2) is 4.27. The number of ether oxygens (including phenoxy) is 1. The highest BCUT2D eigenvalue weighted by atomic mass is 16.5. The largest absolute Gasteiger partial charge is 0.496 e. The molecule has 0 aromatic heterocycles. The average Bonchev–Trinajstić information content (AvgIpc) is 2.16. The molecule has 0 unspecified atom stereocenters. The maximum Gasteiger partial charge on any atom is 0.130 e. The van der Waals surface area contributed by atoms with E-state index in [1.165, 1.54) is 16.7 Å². The van der Waals surface area contributed by atoms with Crippen molar-refractivity contribution in [2.75, 3.05) is 14.2 Å².